The number of nitrogens with two attached hydrogens (primary N) is 2. The van der Waals surface area contributed by atoms with Crippen LogP contribution in [0.25, 0.3) is 0 Å². The van der Waals surface area contributed by atoms with Gasteiger partial charge in [0.1, 0.15) is 10.7 Å². The van der Waals surface area contributed by atoms with Crippen LogP contribution in [-0.4, -0.2) is 8.42 Å². The molecule has 0 aliphatic heterocycles. The summed E-state index contributed by atoms with van der Waals surface area (Å²) in [7, 11) is -3.96. The molecule has 0 fully saturated rings. The zero-order valence-corrected chi connectivity index (χ0v) is 11.7. The molecule has 20 heavy (non-hydrogen) atoms. The van der Waals surface area contributed by atoms with E-state index in [0.717, 1.165) is 0 Å². The first kappa shape index (κ1) is 14.6. The third-order valence-electron chi connectivity index (χ3n) is 2.60. The van der Waals surface area contributed by atoms with Gasteiger partial charge < -0.3 is 11.1 Å². The standard InChI is InChI=1S/C12H11ClFN3O2S/c13-7-3-1-4-8(14)12(7)17-9-5-2-6-10(11(9)15)20(16,18)19/h1-6,17H,15H2,(H2,16,18,19). The van der Waals surface area contributed by atoms with Crippen LogP contribution in [-0.2, 0) is 10.0 Å². The van der Waals surface area contributed by atoms with Crippen molar-refractivity contribution >= 4 is 38.7 Å². The maximum Gasteiger partial charge on any atom is 0.240 e. The van der Waals surface area contributed by atoms with Crippen LogP contribution in [0.5, 0.6) is 0 Å². The van der Waals surface area contributed by atoms with E-state index in [1.165, 1.54) is 36.4 Å². The van der Waals surface area contributed by atoms with Crippen LogP contribution in [0.3, 0.4) is 0 Å². The maximum absolute atomic E-state index is 13.7. The maximum atomic E-state index is 13.7. The van der Waals surface area contributed by atoms with Crippen molar-refractivity contribution < 1.29 is 12.8 Å². The number of hydrogen-bond donors (Lipinski definition) is 3. The summed E-state index contributed by atoms with van der Waals surface area (Å²) in [6, 6.07) is 8.35. The first-order valence-electron chi connectivity index (χ1n) is 5.43. The Morgan fingerprint density at radius 2 is 1.80 bits per heavy atom. The summed E-state index contributed by atoms with van der Waals surface area (Å²) in [4.78, 5) is -0.241. The quantitative estimate of drug-likeness (QED) is 0.758. The van der Waals surface area contributed by atoms with Crippen molar-refractivity contribution in [3.05, 3.63) is 47.2 Å². The zero-order valence-electron chi connectivity index (χ0n) is 10.1. The molecule has 0 aliphatic carbocycles. The van der Waals surface area contributed by atoms with Crippen molar-refractivity contribution in [2.75, 3.05) is 11.1 Å². The van der Waals surface area contributed by atoms with Gasteiger partial charge in [0.05, 0.1) is 22.1 Å². The third kappa shape index (κ3) is 2.84. The van der Waals surface area contributed by atoms with Gasteiger partial charge in [0, 0.05) is 0 Å². The van der Waals surface area contributed by atoms with E-state index in [-0.39, 0.29) is 27.0 Å². The first-order chi connectivity index (χ1) is 9.30. The van der Waals surface area contributed by atoms with Gasteiger partial charge in [-0.3, -0.25) is 0 Å². The molecule has 2 rings (SSSR count). The lowest BCUT2D eigenvalue weighted by atomic mass is 10.2. The van der Waals surface area contributed by atoms with E-state index in [1.807, 2.05) is 0 Å². The van der Waals surface area contributed by atoms with Crippen LogP contribution in [0.2, 0.25) is 5.02 Å². The minimum Gasteiger partial charge on any atom is -0.396 e. The molecule has 2 aromatic carbocycles. The van der Waals surface area contributed by atoms with Crippen molar-refractivity contribution in [2.24, 2.45) is 5.14 Å². The van der Waals surface area contributed by atoms with E-state index >= 15 is 0 Å². The van der Waals surface area contributed by atoms with Gasteiger partial charge >= 0.3 is 0 Å². The highest BCUT2D eigenvalue weighted by Crippen LogP contribution is 2.32. The fraction of sp³-hybridized carbons (Fsp3) is 0. The van der Waals surface area contributed by atoms with E-state index in [2.05, 4.69) is 5.32 Å². The molecular weight excluding hydrogens is 305 g/mol. The molecule has 0 saturated heterocycles. The predicted octanol–water partition coefficient (Wildman–Crippen LogP) is 2.45. The lowest BCUT2D eigenvalue weighted by Gasteiger charge is -2.13. The summed E-state index contributed by atoms with van der Waals surface area (Å²) in [5.74, 6) is -0.585. The number of para-hydroxylation sites is 2. The second-order valence-electron chi connectivity index (χ2n) is 3.98. The fourth-order valence-corrected chi connectivity index (χ4v) is 2.55. The Morgan fingerprint density at radius 1 is 1.15 bits per heavy atom. The number of anilines is 3. The number of hydrogen-bond acceptors (Lipinski definition) is 4. The van der Waals surface area contributed by atoms with E-state index in [0.29, 0.717) is 0 Å². The molecule has 0 aromatic heterocycles. The number of nitrogens with one attached hydrogen (secondary N) is 1. The molecular formula is C12H11ClFN3O2S. The van der Waals surface area contributed by atoms with Crippen molar-refractivity contribution in [3.63, 3.8) is 0 Å². The second kappa shape index (κ2) is 5.28. The topological polar surface area (TPSA) is 98.2 Å². The highest BCUT2D eigenvalue weighted by atomic mass is 35.5. The molecule has 0 amide bonds. The number of halogens is 2. The van der Waals surface area contributed by atoms with E-state index in [4.69, 9.17) is 22.5 Å². The summed E-state index contributed by atoms with van der Waals surface area (Å²) >= 11 is 5.88. The van der Waals surface area contributed by atoms with Gasteiger partial charge in [-0.2, -0.15) is 0 Å². The Kier molecular flexibility index (Phi) is 3.85. The summed E-state index contributed by atoms with van der Waals surface area (Å²) < 4.78 is 36.4. The van der Waals surface area contributed by atoms with Crippen molar-refractivity contribution in [1.82, 2.24) is 0 Å². The summed E-state index contributed by atoms with van der Waals surface area (Å²) in [6.07, 6.45) is 0. The number of primary sulfonamides is 1. The summed E-state index contributed by atoms with van der Waals surface area (Å²) in [5, 5.41) is 7.86. The van der Waals surface area contributed by atoms with Gasteiger partial charge in [-0.25, -0.2) is 17.9 Å². The molecule has 0 unspecified atom stereocenters. The Labute approximate surface area is 120 Å². The number of benzene rings is 2. The van der Waals surface area contributed by atoms with Crippen LogP contribution >= 0.6 is 11.6 Å². The van der Waals surface area contributed by atoms with Crippen molar-refractivity contribution in [2.45, 2.75) is 4.90 Å². The first-order valence-corrected chi connectivity index (χ1v) is 7.35. The number of sulfonamides is 1. The Hall–Kier alpha value is -1.83. The molecule has 0 heterocycles. The highest BCUT2D eigenvalue weighted by Gasteiger charge is 2.16. The normalized spacial score (nSPS) is 11.3. The lowest BCUT2D eigenvalue weighted by molar-refractivity contribution is 0.598. The number of nitrogen functional groups attached to an aromatic ring is 1. The van der Waals surface area contributed by atoms with Crippen LogP contribution in [0, 0.1) is 5.82 Å². The van der Waals surface area contributed by atoms with Gasteiger partial charge in [-0.15, -0.1) is 0 Å². The van der Waals surface area contributed by atoms with Crippen molar-refractivity contribution in [1.29, 1.82) is 0 Å². The van der Waals surface area contributed by atoms with E-state index in [9.17, 15) is 12.8 Å². The fourth-order valence-electron chi connectivity index (χ4n) is 1.65. The van der Waals surface area contributed by atoms with Gasteiger partial charge in [0.15, 0.2) is 0 Å². The SMILES string of the molecule is Nc1c(Nc2c(F)cccc2Cl)cccc1S(N)(=O)=O. The van der Waals surface area contributed by atoms with Crippen LogP contribution in [0.4, 0.5) is 21.5 Å². The molecule has 0 atom stereocenters. The average molecular weight is 316 g/mol. The number of rotatable bonds is 3. The van der Waals surface area contributed by atoms with Gasteiger partial charge in [0.25, 0.3) is 0 Å². The Balaban J connectivity index is 2.51. The zero-order chi connectivity index (χ0) is 14.9. The predicted molar refractivity (Wildman–Crippen MR) is 76.9 cm³/mol. The van der Waals surface area contributed by atoms with Crippen molar-refractivity contribution in [3.8, 4) is 0 Å². The minimum atomic E-state index is -3.96. The molecule has 0 spiro atoms. The van der Waals surface area contributed by atoms with Gasteiger partial charge in [0.2, 0.25) is 10.0 Å². The molecule has 0 aliphatic rings. The third-order valence-corrected chi connectivity index (χ3v) is 3.88. The van der Waals surface area contributed by atoms with Crippen LogP contribution in [0.1, 0.15) is 0 Å². The summed E-state index contributed by atoms with van der Waals surface area (Å²) in [5.41, 5.74) is 5.83. The minimum absolute atomic E-state index is 0.00689. The Morgan fingerprint density at radius 3 is 2.40 bits per heavy atom. The van der Waals surface area contributed by atoms with Crippen LogP contribution in [0.15, 0.2) is 41.3 Å². The van der Waals surface area contributed by atoms with Gasteiger partial charge in [-0.1, -0.05) is 23.7 Å². The molecule has 0 saturated carbocycles. The second-order valence-corrected chi connectivity index (χ2v) is 5.92. The lowest BCUT2D eigenvalue weighted by Crippen LogP contribution is -2.15. The smallest absolute Gasteiger partial charge is 0.240 e. The van der Waals surface area contributed by atoms with E-state index in [1.54, 1.807) is 0 Å². The molecule has 8 heteroatoms. The largest absolute Gasteiger partial charge is 0.396 e. The molecule has 2 aromatic rings. The van der Waals surface area contributed by atoms with Gasteiger partial charge in [-0.05, 0) is 24.3 Å². The molecule has 0 radical (unpaired) electrons. The molecule has 106 valence electrons. The Bertz CT molecular complexity index is 745. The molecule has 5 N–H and O–H groups in total. The van der Waals surface area contributed by atoms with Crippen LogP contribution < -0.4 is 16.2 Å². The molecule has 5 nitrogen and oxygen atoms in total. The molecule has 0 bridgehead atoms. The highest BCUT2D eigenvalue weighted by molar-refractivity contribution is 7.89. The summed E-state index contributed by atoms with van der Waals surface area (Å²) in [6.45, 7) is 0. The monoisotopic (exact) mass is 315 g/mol. The van der Waals surface area contributed by atoms with E-state index < -0.39 is 15.8 Å². The average Bonchev–Trinajstić information content (AvgIpc) is 2.34.